The molecule has 0 fully saturated rings. The second-order valence-electron chi connectivity index (χ2n) is 4.09. The predicted molar refractivity (Wildman–Crippen MR) is 61.3 cm³/mol. The number of carbonyl (C=O) groups is 2. The molecule has 1 atom stereocenters. The second kappa shape index (κ2) is 5.86. The van der Waals surface area contributed by atoms with Crippen molar-refractivity contribution in [2.75, 3.05) is 7.11 Å². The van der Waals surface area contributed by atoms with E-state index in [4.69, 9.17) is 0 Å². The monoisotopic (exact) mass is 274 g/mol. The van der Waals surface area contributed by atoms with Gasteiger partial charge < -0.3 is 4.74 Å². The molecule has 0 aliphatic carbocycles. The van der Waals surface area contributed by atoms with Gasteiger partial charge in [-0.15, -0.1) is 0 Å². The average Bonchev–Trinajstić information content (AvgIpc) is 2.36. The summed E-state index contributed by atoms with van der Waals surface area (Å²) < 4.78 is 41.9. The molecule has 0 bridgehead atoms. The fraction of sp³-hybridized carbons (Fsp3) is 0.385. The summed E-state index contributed by atoms with van der Waals surface area (Å²) in [6, 6.07) is 4.48. The van der Waals surface area contributed by atoms with Crippen LogP contribution in [-0.2, 0) is 26.9 Å². The maximum atomic E-state index is 12.5. The SMILES string of the molecule is COC(=O)C(C)C(=O)Cc1cccc(C(F)(F)F)c1. The van der Waals surface area contributed by atoms with Crippen LogP contribution in [0.3, 0.4) is 0 Å². The summed E-state index contributed by atoms with van der Waals surface area (Å²) in [6.45, 7) is 1.36. The lowest BCUT2D eigenvalue weighted by molar-refractivity contribution is -0.148. The Labute approximate surface area is 108 Å². The van der Waals surface area contributed by atoms with Gasteiger partial charge in [0.2, 0.25) is 0 Å². The van der Waals surface area contributed by atoms with Gasteiger partial charge in [0.05, 0.1) is 12.7 Å². The van der Waals surface area contributed by atoms with Gasteiger partial charge in [-0.3, -0.25) is 9.59 Å². The first-order valence-corrected chi connectivity index (χ1v) is 5.52. The molecule has 1 aromatic carbocycles. The number of ether oxygens (including phenoxy) is 1. The van der Waals surface area contributed by atoms with Gasteiger partial charge in [0.15, 0.2) is 5.78 Å². The van der Waals surface area contributed by atoms with E-state index < -0.39 is 29.4 Å². The summed E-state index contributed by atoms with van der Waals surface area (Å²) >= 11 is 0. The minimum Gasteiger partial charge on any atom is -0.468 e. The van der Waals surface area contributed by atoms with Crippen molar-refractivity contribution < 1.29 is 27.5 Å². The number of ketones is 1. The first-order valence-electron chi connectivity index (χ1n) is 5.52. The van der Waals surface area contributed by atoms with Gasteiger partial charge in [0.1, 0.15) is 5.92 Å². The van der Waals surface area contributed by atoms with Crippen molar-refractivity contribution in [3.8, 4) is 0 Å². The van der Waals surface area contributed by atoms with Gasteiger partial charge in [-0.1, -0.05) is 18.2 Å². The Morgan fingerprint density at radius 2 is 1.95 bits per heavy atom. The quantitative estimate of drug-likeness (QED) is 0.626. The van der Waals surface area contributed by atoms with E-state index >= 15 is 0 Å². The van der Waals surface area contributed by atoms with E-state index in [2.05, 4.69) is 4.74 Å². The van der Waals surface area contributed by atoms with Crippen molar-refractivity contribution in [3.63, 3.8) is 0 Å². The number of methoxy groups -OCH3 is 1. The lowest BCUT2D eigenvalue weighted by Gasteiger charge is -2.10. The molecule has 3 nitrogen and oxygen atoms in total. The van der Waals surface area contributed by atoms with Crippen LogP contribution in [0, 0.1) is 5.92 Å². The molecule has 0 aromatic heterocycles. The fourth-order valence-corrected chi connectivity index (χ4v) is 1.52. The van der Waals surface area contributed by atoms with E-state index in [0.29, 0.717) is 0 Å². The second-order valence-corrected chi connectivity index (χ2v) is 4.09. The number of hydrogen-bond donors (Lipinski definition) is 0. The van der Waals surface area contributed by atoms with Gasteiger partial charge in [-0.2, -0.15) is 13.2 Å². The molecule has 0 saturated carbocycles. The lowest BCUT2D eigenvalue weighted by atomic mass is 9.98. The molecule has 0 aliphatic rings. The summed E-state index contributed by atoms with van der Waals surface area (Å²) in [5.41, 5.74) is -0.598. The van der Waals surface area contributed by atoms with Crippen LogP contribution < -0.4 is 0 Å². The number of halogens is 3. The van der Waals surface area contributed by atoms with E-state index in [-0.39, 0.29) is 12.0 Å². The van der Waals surface area contributed by atoms with Crippen LogP contribution in [0.2, 0.25) is 0 Å². The average molecular weight is 274 g/mol. The molecular formula is C13H13F3O3. The van der Waals surface area contributed by atoms with Gasteiger partial charge in [-0.05, 0) is 18.6 Å². The Morgan fingerprint density at radius 1 is 1.32 bits per heavy atom. The highest BCUT2D eigenvalue weighted by molar-refractivity contribution is 5.99. The van der Waals surface area contributed by atoms with Crippen LogP contribution in [0.5, 0.6) is 0 Å². The van der Waals surface area contributed by atoms with Crippen molar-refractivity contribution in [1.82, 2.24) is 0 Å². The Morgan fingerprint density at radius 3 is 2.47 bits per heavy atom. The van der Waals surface area contributed by atoms with Gasteiger partial charge in [0.25, 0.3) is 0 Å². The molecular weight excluding hydrogens is 261 g/mol. The topological polar surface area (TPSA) is 43.4 Å². The van der Waals surface area contributed by atoms with E-state index in [0.717, 1.165) is 19.2 Å². The third kappa shape index (κ3) is 4.08. The van der Waals surface area contributed by atoms with Gasteiger partial charge >= 0.3 is 12.1 Å². The molecule has 1 unspecified atom stereocenters. The molecule has 1 aromatic rings. The zero-order chi connectivity index (χ0) is 14.6. The Bertz CT molecular complexity index is 480. The number of rotatable bonds is 4. The third-order valence-electron chi connectivity index (χ3n) is 2.67. The first kappa shape index (κ1) is 15.2. The van der Waals surface area contributed by atoms with E-state index in [1.807, 2.05) is 0 Å². The first-order chi connectivity index (χ1) is 8.75. The van der Waals surface area contributed by atoms with Gasteiger partial charge in [-0.25, -0.2) is 0 Å². The predicted octanol–water partition coefficient (Wildman–Crippen LogP) is 2.63. The highest BCUT2D eigenvalue weighted by atomic mass is 19.4. The molecule has 0 saturated heterocycles. The number of Topliss-reactive ketones (excluding diaryl/α,β-unsaturated/α-hetero) is 1. The summed E-state index contributed by atoms with van der Waals surface area (Å²) in [4.78, 5) is 22.8. The standard InChI is InChI=1S/C13H13F3O3/c1-8(12(18)19-2)11(17)7-9-4-3-5-10(6-9)13(14,15)16/h3-6,8H,7H2,1-2H3. The number of carbonyl (C=O) groups excluding carboxylic acids is 2. The van der Waals surface area contributed by atoms with Crippen molar-refractivity contribution >= 4 is 11.8 Å². The van der Waals surface area contributed by atoms with Crippen LogP contribution in [0.15, 0.2) is 24.3 Å². The van der Waals surface area contributed by atoms with E-state index in [1.54, 1.807) is 0 Å². The zero-order valence-corrected chi connectivity index (χ0v) is 10.5. The third-order valence-corrected chi connectivity index (χ3v) is 2.67. The Hall–Kier alpha value is -1.85. The van der Waals surface area contributed by atoms with Crippen LogP contribution in [0.1, 0.15) is 18.1 Å². The van der Waals surface area contributed by atoms with Crippen LogP contribution in [0.25, 0.3) is 0 Å². The van der Waals surface area contributed by atoms with E-state index in [1.165, 1.54) is 19.1 Å². The number of alkyl halides is 3. The summed E-state index contributed by atoms with van der Waals surface area (Å²) in [5, 5.41) is 0. The highest BCUT2D eigenvalue weighted by Crippen LogP contribution is 2.29. The zero-order valence-electron chi connectivity index (χ0n) is 10.5. The fourth-order valence-electron chi connectivity index (χ4n) is 1.52. The minimum absolute atomic E-state index is 0.218. The molecule has 104 valence electrons. The molecule has 0 spiro atoms. The van der Waals surface area contributed by atoms with Crippen molar-refractivity contribution in [2.45, 2.75) is 19.5 Å². The summed E-state index contributed by atoms with van der Waals surface area (Å²) in [5.74, 6) is -2.16. The van der Waals surface area contributed by atoms with E-state index in [9.17, 15) is 22.8 Å². The summed E-state index contributed by atoms with van der Waals surface area (Å²) in [6.07, 6.45) is -4.69. The number of benzene rings is 1. The smallest absolute Gasteiger partial charge is 0.416 e. The Kier molecular flexibility index (Phi) is 4.69. The molecule has 19 heavy (non-hydrogen) atoms. The largest absolute Gasteiger partial charge is 0.468 e. The Balaban J connectivity index is 2.83. The normalized spacial score (nSPS) is 12.9. The van der Waals surface area contributed by atoms with Crippen molar-refractivity contribution in [1.29, 1.82) is 0 Å². The van der Waals surface area contributed by atoms with Crippen molar-refractivity contribution in [3.05, 3.63) is 35.4 Å². The maximum Gasteiger partial charge on any atom is 0.416 e. The minimum atomic E-state index is -4.45. The molecule has 0 amide bonds. The molecule has 0 heterocycles. The number of hydrogen-bond acceptors (Lipinski definition) is 3. The summed E-state index contributed by atoms with van der Waals surface area (Å²) in [7, 11) is 1.15. The van der Waals surface area contributed by atoms with Crippen molar-refractivity contribution in [2.24, 2.45) is 5.92 Å². The molecule has 0 radical (unpaired) electrons. The molecule has 6 heteroatoms. The van der Waals surface area contributed by atoms with Gasteiger partial charge in [0, 0.05) is 6.42 Å². The van der Waals surface area contributed by atoms with Crippen LogP contribution >= 0.6 is 0 Å². The molecule has 1 rings (SSSR count). The van der Waals surface area contributed by atoms with Crippen LogP contribution in [0.4, 0.5) is 13.2 Å². The maximum absolute atomic E-state index is 12.5. The van der Waals surface area contributed by atoms with Crippen LogP contribution in [-0.4, -0.2) is 18.9 Å². The number of esters is 1. The molecule has 0 N–H and O–H groups in total. The molecule has 0 aliphatic heterocycles. The lowest BCUT2D eigenvalue weighted by Crippen LogP contribution is -2.23. The highest BCUT2D eigenvalue weighted by Gasteiger charge is 2.30.